The van der Waals surface area contributed by atoms with E-state index in [2.05, 4.69) is 17.1 Å². The molecule has 0 aliphatic carbocycles. The summed E-state index contributed by atoms with van der Waals surface area (Å²) < 4.78 is 36.2. The van der Waals surface area contributed by atoms with Crippen LogP contribution in [0, 0.1) is 13.8 Å². The normalized spacial score (nSPS) is 13.2. The van der Waals surface area contributed by atoms with Crippen molar-refractivity contribution in [2.24, 2.45) is 24.3 Å². The van der Waals surface area contributed by atoms with Gasteiger partial charge in [-0.3, -0.25) is 4.55 Å². The fourth-order valence-electron chi connectivity index (χ4n) is 2.33. The van der Waals surface area contributed by atoms with E-state index in [-0.39, 0.29) is 5.75 Å². The largest absolute Gasteiger partial charge is 0.322 e. The highest BCUT2D eigenvalue weighted by Crippen LogP contribution is 2.07. The Bertz CT molecular complexity index is 935. The summed E-state index contributed by atoms with van der Waals surface area (Å²) in [5.41, 5.74) is 1.17. The maximum absolute atomic E-state index is 10.8. The van der Waals surface area contributed by atoms with Gasteiger partial charge >= 0.3 is 5.82 Å². The first-order valence-corrected chi connectivity index (χ1v) is 10.3. The molecule has 2 rings (SSSR count). The Morgan fingerprint density at radius 3 is 2.68 bits per heavy atom. The minimum Gasteiger partial charge on any atom is -0.322 e. The molecular formula is C15H24N5O3S2+. The Morgan fingerprint density at radius 2 is 2.08 bits per heavy atom. The molecule has 0 atom stereocenters. The molecular weight excluding hydrogens is 362 g/mol. The molecule has 0 fully saturated rings. The van der Waals surface area contributed by atoms with Gasteiger partial charge in [0.05, 0.1) is 19.3 Å². The van der Waals surface area contributed by atoms with E-state index >= 15 is 0 Å². The van der Waals surface area contributed by atoms with Gasteiger partial charge in [-0.1, -0.05) is 0 Å². The molecule has 2 heterocycles. The van der Waals surface area contributed by atoms with Gasteiger partial charge in [0.2, 0.25) is 4.80 Å². The number of rotatable bonds is 7. The Hall–Kier alpha value is -1.78. The molecule has 0 unspecified atom stereocenters. The van der Waals surface area contributed by atoms with Gasteiger partial charge in [0.15, 0.2) is 0 Å². The number of hydrogen-bond donors (Lipinski definition) is 1. The third-order valence-electron chi connectivity index (χ3n) is 4.04. The van der Waals surface area contributed by atoms with Gasteiger partial charge in [-0.25, -0.2) is 9.13 Å². The van der Waals surface area contributed by atoms with Crippen molar-refractivity contribution < 1.29 is 17.5 Å². The van der Waals surface area contributed by atoms with Crippen LogP contribution in [0.3, 0.4) is 0 Å². The van der Waals surface area contributed by atoms with E-state index in [0.29, 0.717) is 19.4 Å². The van der Waals surface area contributed by atoms with Gasteiger partial charge in [-0.15, -0.1) is 21.5 Å². The molecule has 10 heteroatoms. The van der Waals surface area contributed by atoms with E-state index in [4.69, 9.17) is 4.55 Å². The first-order chi connectivity index (χ1) is 11.7. The van der Waals surface area contributed by atoms with Crippen LogP contribution in [0.5, 0.6) is 0 Å². The minimum atomic E-state index is -3.89. The molecule has 8 nitrogen and oxygen atoms in total. The van der Waals surface area contributed by atoms with Crippen LogP contribution in [0.25, 0.3) is 0 Å². The Labute approximate surface area is 151 Å². The molecule has 25 heavy (non-hydrogen) atoms. The number of imidazole rings is 1. The smallest absolute Gasteiger partial charge is 0.301 e. The third kappa shape index (κ3) is 5.35. The molecule has 0 saturated carbocycles. The van der Waals surface area contributed by atoms with E-state index in [1.54, 1.807) is 17.6 Å². The number of aryl methyl sites for hydroxylation is 3. The maximum Gasteiger partial charge on any atom is 0.301 e. The lowest BCUT2D eigenvalue weighted by molar-refractivity contribution is -0.671. The van der Waals surface area contributed by atoms with Crippen molar-refractivity contribution in [2.75, 3.05) is 5.75 Å². The number of unbranched alkanes of at least 4 members (excludes halogenated alkanes) is 1. The van der Waals surface area contributed by atoms with Crippen LogP contribution in [0.1, 0.15) is 29.2 Å². The Morgan fingerprint density at radius 1 is 1.36 bits per heavy atom. The van der Waals surface area contributed by atoms with Gasteiger partial charge < -0.3 is 4.57 Å². The zero-order valence-electron chi connectivity index (χ0n) is 14.9. The van der Waals surface area contributed by atoms with Crippen LogP contribution in [0.15, 0.2) is 22.6 Å². The van der Waals surface area contributed by atoms with Crippen LogP contribution in [-0.4, -0.2) is 34.1 Å². The summed E-state index contributed by atoms with van der Waals surface area (Å²) in [5.74, 6) is 0.649. The van der Waals surface area contributed by atoms with Crippen LogP contribution in [-0.2, 0) is 30.8 Å². The van der Waals surface area contributed by atoms with Crippen molar-refractivity contribution in [3.8, 4) is 0 Å². The monoisotopic (exact) mass is 386 g/mol. The third-order valence-corrected chi connectivity index (χ3v) is 5.98. The van der Waals surface area contributed by atoms with Crippen molar-refractivity contribution in [2.45, 2.75) is 33.2 Å². The van der Waals surface area contributed by atoms with Crippen LogP contribution < -0.4 is 9.37 Å². The number of thiazole rings is 1. The topological polar surface area (TPSA) is 92.8 Å². The standard InChI is InChI=1S/C15H23N5O3S2/c1-12-13(2)24-15(19(12)4)17-16-11-14-18(3)8-9-20(14)7-5-6-10-25(21,22)23/h8-9,11H,5-7,10H2,1-4H3/p+1. The van der Waals surface area contributed by atoms with Gasteiger partial charge in [-0.05, 0) is 26.7 Å². The molecule has 138 valence electrons. The molecule has 0 aliphatic rings. The van der Waals surface area contributed by atoms with E-state index in [0.717, 1.165) is 10.6 Å². The molecule has 0 aromatic carbocycles. The van der Waals surface area contributed by atoms with E-state index < -0.39 is 10.1 Å². The van der Waals surface area contributed by atoms with Crippen molar-refractivity contribution in [1.82, 2.24) is 9.13 Å². The van der Waals surface area contributed by atoms with Crippen LogP contribution in [0.2, 0.25) is 0 Å². The molecule has 1 N–H and O–H groups in total. The first-order valence-electron chi connectivity index (χ1n) is 7.89. The summed E-state index contributed by atoms with van der Waals surface area (Å²) >= 11 is 1.59. The summed E-state index contributed by atoms with van der Waals surface area (Å²) in [6.07, 6.45) is 6.56. The van der Waals surface area contributed by atoms with Crippen LogP contribution in [0.4, 0.5) is 0 Å². The molecule has 2 aromatic rings. The van der Waals surface area contributed by atoms with Crippen molar-refractivity contribution >= 4 is 27.7 Å². The number of hydrogen-bond acceptors (Lipinski definition) is 5. The zero-order chi connectivity index (χ0) is 18.6. The van der Waals surface area contributed by atoms with Crippen LogP contribution >= 0.6 is 11.3 Å². The Balaban J connectivity index is 2.09. The highest BCUT2D eigenvalue weighted by atomic mass is 32.2. The Kier molecular flexibility index (Phi) is 6.31. The average Bonchev–Trinajstić information content (AvgIpc) is 2.99. The molecule has 2 aromatic heterocycles. The predicted octanol–water partition coefficient (Wildman–Crippen LogP) is 0.932. The predicted molar refractivity (Wildman–Crippen MR) is 97.2 cm³/mol. The van der Waals surface area contributed by atoms with Gasteiger partial charge in [0.1, 0.15) is 18.6 Å². The van der Waals surface area contributed by atoms with E-state index in [1.165, 1.54) is 10.6 Å². The first kappa shape index (κ1) is 19.5. The van der Waals surface area contributed by atoms with Crippen molar-refractivity contribution in [1.29, 1.82) is 0 Å². The zero-order valence-corrected chi connectivity index (χ0v) is 16.5. The SMILES string of the molecule is Cc1sc(=NN=Cc2n(CCCCS(=O)(=O)O)cc[n+]2C)n(C)c1C. The molecule has 0 spiro atoms. The molecule has 0 saturated heterocycles. The second kappa shape index (κ2) is 8.07. The van der Waals surface area contributed by atoms with E-state index in [9.17, 15) is 8.42 Å². The molecule has 0 bridgehead atoms. The quantitative estimate of drug-likeness (QED) is 0.252. The minimum absolute atomic E-state index is 0.216. The maximum atomic E-state index is 10.8. The fourth-order valence-corrected chi connectivity index (χ4v) is 3.82. The highest BCUT2D eigenvalue weighted by Gasteiger charge is 2.12. The molecule has 0 amide bonds. The summed E-state index contributed by atoms with van der Waals surface area (Å²) in [6.45, 7) is 4.75. The second-order valence-corrected chi connectivity index (χ2v) is 8.64. The lowest BCUT2D eigenvalue weighted by atomic mass is 10.3. The second-order valence-electron chi connectivity index (χ2n) is 5.88. The number of aromatic nitrogens is 3. The molecule has 0 radical (unpaired) electrons. The van der Waals surface area contributed by atoms with Gasteiger partial charge in [0, 0.05) is 17.6 Å². The fraction of sp³-hybridized carbons (Fsp3) is 0.533. The highest BCUT2D eigenvalue weighted by molar-refractivity contribution is 7.85. The van der Waals surface area contributed by atoms with Gasteiger partial charge in [0.25, 0.3) is 10.1 Å². The summed E-state index contributed by atoms with van der Waals surface area (Å²) in [7, 11) is -0.0154. The van der Waals surface area contributed by atoms with Crippen molar-refractivity contribution in [3.63, 3.8) is 0 Å². The number of nitrogens with zero attached hydrogens (tertiary/aromatic N) is 5. The van der Waals surface area contributed by atoms with Crippen molar-refractivity contribution in [3.05, 3.63) is 33.6 Å². The van der Waals surface area contributed by atoms with Gasteiger partial charge in [-0.2, -0.15) is 8.42 Å². The lowest BCUT2D eigenvalue weighted by Crippen LogP contribution is -2.32. The average molecular weight is 387 g/mol. The summed E-state index contributed by atoms with van der Waals surface area (Å²) in [6, 6.07) is 0. The summed E-state index contributed by atoms with van der Waals surface area (Å²) in [5, 5.41) is 8.49. The lowest BCUT2D eigenvalue weighted by Gasteiger charge is -1.99. The molecule has 0 aliphatic heterocycles. The van der Waals surface area contributed by atoms with E-state index in [1.807, 2.05) is 47.1 Å². The summed E-state index contributed by atoms with van der Waals surface area (Å²) in [4.78, 5) is 2.05.